The highest BCUT2D eigenvalue weighted by molar-refractivity contribution is 6.29. The maximum atomic E-state index is 10.1. The smallest absolute Gasteiger partial charge is 0.235 e. The van der Waals surface area contributed by atoms with Crippen molar-refractivity contribution in [2.45, 2.75) is 0 Å². The van der Waals surface area contributed by atoms with E-state index in [2.05, 4.69) is 82.5 Å². The first-order valence-electron chi connectivity index (χ1n) is 13.9. The van der Waals surface area contributed by atoms with E-state index < -0.39 is 0 Å². The van der Waals surface area contributed by atoms with Gasteiger partial charge < -0.3 is 5.21 Å². The van der Waals surface area contributed by atoms with E-state index in [1.54, 1.807) is 0 Å². The van der Waals surface area contributed by atoms with Gasteiger partial charge >= 0.3 is 0 Å². The van der Waals surface area contributed by atoms with E-state index in [0.717, 1.165) is 66.2 Å². The normalized spacial score (nSPS) is 13.4. The van der Waals surface area contributed by atoms with Crippen LogP contribution in [-0.4, -0.2) is 25.5 Å². The SMILES string of the molecule is O/N=C1/c2ccccc2-c2cc3c4c5ccccc5ccc4n(-c4nc(-c5ccccc5)c5ccccc5n4)c3cc21. The molecule has 0 unspecified atom stereocenters. The molecule has 5 heteroatoms. The number of benzene rings is 6. The second kappa shape index (κ2) is 8.59. The van der Waals surface area contributed by atoms with Gasteiger partial charge in [-0.15, -0.1) is 0 Å². The lowest BCUT2D eigenvalue weighted by atomic mass is 9.99. The summed E-state index contributed by atoms with van der Waals surface area (Å²) in [5.41, 5.74) is 9.31. The lowest BCUT2D eigenvalue weighted by Gasteiger charge is -2.12. The average Bonchev–Trinajstić information content (AvgIpc) is 3.55. The Labute approximate surface area is 240 Å². The summed E-state index contributed by atoms with van der Waals surface area (Å²) in [7, 11) is 0. The van der Waals surface area contributed by atoms with Crippen LogP contribution >= 0.6 is 0 Å². The quantitative estimate of drug-likeness (QED) is 0.177. The van der Waals surface area contributed by atoms with E-state index in [0.29, 0.717) is 11.7 Å². The number of hydrogen-bond acceptors (Lipinski definition) is 4. The monoisotopic (exact) mass is 538 g/mol. The van der Waals surface area contributed by atoms with Crippen LogP contribution in [0.15, 0.2) is 133 Å². The fourth-order valence-corrected chi connectivity index (χ4v) is 6.62. The van der Waals surface area contributed by atoms with Crippen molar-refractivity contribution in [1.29, 1.82) is 0 Å². The third kappa shape index (κ3) is 3.10. The maximum absolute atomic E-state index is 10.1. The Morgan fingerprint density at radius 1 is 0.548 bits per heavy atom. The summed E-state index contributed by atoms with van der Waals surface area (Å²) in [5.74, 6) is 0.598. The number of oxime groups is 1. The molecule has 8 aromatic rings. The van der Waals surface area contributed by atoms with Crippen LogP contribution in [0.5, 0.6) is 0 Å². The number of fused-ring (bicyclic) bond motifs is 9. The van der Waals surface area contributed by atoms with Crippen LogP contribution < -0.4 is 0 Å². The molecular formula is C37H22N4O. The summed E-state index contributed by atoms with van der Waals surface area (Å²) in [6, 6.07) is 43.7. The van der Waals surface area contributed by atoms with Gasteiger partial charge in [0, 0.05) is 32.8 Å². The van der Waals surface area contributed by atoms with E-state index in [1.165, 1.54) is 10.8 Å². The third-order valence-corrected chi connectivity index (χ3v) is 8.46. The number of hydrogen-bond donors (Lipinski definition) is 1. The Kier molecular flexibility index (Phi) is 4.70. The van der Waals surface area contributed by atoms with Crippen LogP contribution in [0.4, 0.5) is 0 Å². The Bertz CT molecular complexity index is 2420. The largest absolute Gasteiger partial charge is 0.410 e. The Morgan fingerprint density at radius 3 is 2.14 bits per heavy atom. The summed E-state index contributed by atoms with van der Waals surface area (Å²) in [4.78, 5) is 10.4. The van der Waals surface area contributed by atoms with Crippen molar-refractivity contribution in [2.75, 3.05) is 0 Å². The van der Waals surface area contributed by atoms with Crippen molar-refractivity contribution >= 4 is 49.2 Å². The average molecular weight is 539 g/mol. The highest BCUT2D eigenvalue weighted by atomic mass is 16.4. The molecule has 1 N–H and O–H groups in total. The maximum Gasteiger partial charge on any atom is 0.235 e. The molecule has 5 nitrogen and oxygen atoms in total. The molecule has 1 aliphatic carbocycles. The zero-order valence-corrected chi connectivity index (χ0v) is 22.4. The van der Waals surface area contributed by atoms with E-state index in [4.69, 9.17) is 9.97 Å². The van der Waals surface area contributed by atoms with Gasteiger partial charge in [0.1, 0.15) is 5.71 Å². The predicted octanol–water partition coefficient (Wildman–Crippen LogP) is 8.75. The minimum Gasteiger partial charge on any atom is -0.410 e. The van der Waals surface area contributed by atoms with E-state index in [1.807, 2.05) is 54.6 Å². The Hall–Kier alpha value is -5.81. The molecule has 0 fully saturated rings. The molecule has 0 saturated heterocycles. The van der Waals surface area contributed by atoms with Crippen molar-refractivity contribution < 1.29 is 5.21 Å². The Balaban J connectivity index is 1.45. The van der Waals surface area contributed by atoms with Gasteiger partial charge in [0.05, 0.1) is 22.2 Å². The summed E-state index contributed by atoms with van der Waals surface area (Å²) >= 11 is 0. The van der Waals surface area contributed by atoms with Gasteiger partial charge in [0.15, 0.2) is 0 Å². The molecule has 0 radical (unpaired) electrons. The van der Waals surface area contributed by atoms with Gasteiger partial charge in [-0.1, -0.05) is 108 Å². The summed E-state index contributed by atoms with van der Waals surface area (Å²) < 4.78 is 2.16. The van der Waals surface area contributed by atoms with Crippen molar-refractivity contribution in [3.05, 3.63) is 139 Å². The van der Waals surface area contributed by atoms with E-state index >= 15 is 0 Å². The van der Waals surface area contributed by atoms with Crippen molar-refractivity contribution in [2.24, 2.45) is 5.16 Å². The van der Waals surface area contributed by atoms with Crippen LogP contribution in [0.3, 0.4) is 0 Å². The van der Waals surface area contributed by atoms with Crippen LogP contribution in [0.2, 0.25) is 0 Å². The summed E-state index contributed by atoms with van der Waals surface area (Å²) in [6.07, 6.45) is 0. The molecule has 0 bridgehead atoms. The van der Waals surface area contributed by atoms with Gasteiger partial charge in [-0.05, 0) is 46.2 Å². The molecule has 2 aromatic heterocycles. The molecular weight excluding hydrogens is 516 g/mol. The van der Waals surface area contributed by atoms with Gasteiger partial charge in [-0.2, -0.15) is 0 Å². The van der Waals surface area contributed by atoms with Gasteiger partial charge in [-0.25, -0.2) is 9.97 Å². The summed E-state index contributed by atoms with van der Waals surface area (Å²) in [6.45, 7) is 0. The molecule has 0 atom stereocenters. The lowest BCUT2D eigenvalue weighted by molar-refractivity contribution is 0.320. The van der Waals surface area contributed by atoms with Crippen LogP contribution in [0, 0.1) is 0 Å². The molecule has 1 aliphatic rings. The highest BCUT2D eigenvalue weighted by Gasteiger charge is 2.28. The first-order valence-corrected chi connectivity index (χ1v) is 13.9. The fraction of sp³-hybridized carbons (Fsp3) is 0. The molecule has 9 rings (SSSR count). The van der Waals surface area contributed by atoms with Crippen molar-refractivity contribution in [1.82, 2.24) is 14.5 Å². The number of para-hydroxylation sites is 1. The van der Waals surface area contributed by atoms with E-state index in [-0.39, 0.29) is 0 Å². The number of nitrogens with zero attached hydrogens (tertiary/aromatic N) is 4. The third-order valence-electron chi connectivity index (χ3n) is 8.46. The second-order valence-corrected chi connectivity index (χ2v) is 10.7. The van der Waals surface area contributed by atoms with Crippen LogP contribution in [-0.2, 0) is 0 Å². The molecule has 0 saturated carbocycles. The Morgan fingerprint density at radius 2 is 1.29 bits per heavy atom. The van der Waals surface area contributed by atoms with Gasteiger partial charge in [0.2, 0.25) is 5.95 Å². The molecule has 0 amide bonds. The topological polar surface area (TPSA) is 63.3 Å². The van der Waals surface area contributed by atoms with Gasteiger partial charge in [0.25, 0.3) is 0 Å². The molecule has 2 heterocycles. The van der Waals surface area contributed by atoms with E-state index in [9.17, 15) is 5.21 Å². The van der Waals surface area contributed by atoms with Crippen LogP contribution in [0.25, 0.3) is 71.8 Å². The van der Waals surface area contributed by atoms with Crippen molar-refractivity contribution in [3.63, 3.8) is 0 Å². The number of rotatable bonds is 2. The van der Waals surface area contributed by atoms with Crippen molar-refractivity contribution in [3.8, 4) is 28.3 Å². The molecule has 0 spiro atoms. The zero-order chi connectivity index (χ0) is 27.8. The standard InChI is InChI=1S/C37H22N4O/c42-40-36-26-15-7-6-14-25(26)28-20-30-33(21-29(28)36)41(32-19-18-22-10-4-5-13-24(22)34(30)32)37-38-31-17-9-8-16-27(31)35(39-37)23-11-2-1-3-12-23/h1-21,42H/b40-36-. The van der Waals surface area contributed by atoms with Gasteiger partial charge in [-0.3, -0.25) is 4.57 Å². The number of aromatic nitrogens is 3. The first-order chi connectivity index (χ1) is 20.8. The summed E-state index contributed by atoms with van der Waals surface area (Å²) in [5, 5.41) is 19.5. The molecule has 196 valence electrons. The molecule has 0 aliphatic heterocycles. The highest BCUT2D eigenvalue weighted by Crippen LogP contribution is 2.44. The molecule has 6 aromatic carbocycles. The predicted molar refractivity (Wildman–Crippen MR) is 170 cm³/mol. The lowest BCUT2D eigenvalue weighted by Crippen LogP contribution is -2.04. The fourth-order valence-electron chi connectivity index (χ4n) is 6.62. The second-order valence-electron chi connectivity index (χ2n) is 10.7. The first kappa shape index (κ1) is 22.9. The molecule has 42 heavy (non-hydrogen) atoms. The minimum absolute atomic E-state index is 0.577. The van der Waals surface area contributed by atoms with Crippen LogP contribution in [0.1, 0.15) is 11.1 Å². The zero-order valence-electron chi connectivity index (χ0n) is 22.4. The minimum atomic E-state index is 0.577.